The van der Waals surface area contributed by atoms with E-state index in [-0.39, 0.29) is 0 Å². The van der Waals surface area contributed by atoms with Crippen molar-refractivity contribution in [1.82, 2.24) is 10.5 Å². The second kappa shape index (κ2) is 4.11. The molecular weight excluding hydrogens is 178 g/mol. The zero-order valence-corrected chi connectivity index (χ0v) is 8.08. The molecule has 0 saturated heterocycles. The van der Waals surface area contributed by atoms with Crippen LogP contribution in [0.3, 0.4) is 0 Å². The molecule has 1 aromatic carbocycles. The molecular formula is C10H13N3O. The monoisotopic (exact) mass is 191 g/mol. The maximum absolute atomic E-state index is 5.15. The predicted octanol–water partition coefficient (Wildman–Crippen LogP) is 1.46. The average Bonchev–Trinajstić information content (AvgIpc) is 2.63. The van der Waals surface area contributed by atoms with Crippen LogP contribution in [0.5, 0.6) is 0 Å². The first kappa shape index (κ1) is 9.02. The van der Waals surface area contributed by atoms with Gasteiger partial charge >= 0.3 is 0 Å². The van der Waals surface area contributed by atoms with E-state index in [1.165, 1.54) is 0 Å². The minimum Gasteiger partial charge on any atom is -0.365 e. The van der Waals surface area contributed by atoms with Crippen LogP contribution in [0.2, 0.25) is 0 Å². The van der Waals surface area contributed by atoms with Gasteiger partial charge in [-0.2, -0.15) is 0 Å². The Morgan fingerprint density at radius 3 is 3.00 bits per heavy atom. The molecule has 2 N–H and O–H groups in total. The standard InChI is InChI=1S/C10H13N3O/c1-11-6-7-12-10-8-4-2-3-5-9(8)14-13-10/h2-5,11H,6-7H2,1H3,(H,12,13). The lowest BCUT2D eigenvalue weighted by Crippen LogP contribution is -2.17. The Kier molecular flexibility index (Phi) is 2.65. The van der Waals surface area contributed by atoms with Gasteiger partial charge in [0.15, 0.2) is 11.4 Å². The van der Waals surface area contributed by atoms with Crippen molar-refractivity contribution in [2.45, 2.75) is 0 Å². The van der Waals surface area contributed by atoms with Gasteiger partial charge in [0.2, 0.25) is 0 Å². The Bertz CT molecular complexity index is 410. The fraction of sp³-hybridized carbons (Fsp3) is 0.300. The summed E-state index contributed by atoms with van der Waals surface area (Å²) in [6.07, 6.45) is 0. The van der Waals surface area contributed by atoms with Crippen molar-refractivity contribution in [1.29, 1.82) is 0 Å². The van der Waals surface area contributed by atoms with E-state index in [2.05, 4.69) is 15.8 Å². The van der Waals surface area contributed by atoms with E-state index in [9.17, 15) is 0 Å². The third kappa shape index (κ3) is 1.70. The number of benzene rings is 1. The molecule has 4 nitrogen and oxygen atoms in total. The number of hydrogen-bond donors (Lipinski definition) is 2. The van der Waals surface area contributed by atoms with E-state index < -0.39 is 0 Å². The summed E-state index contributed by atoms with van der Waals surface area (Å²) in [6, 6.07) is 7.81. The van der Waals surface area contributed by atoms with Gasteiger partial charge in [0, 0.05) is 13.1 Å². The van der Waals surface area contributed by atoms with Gasteiger partial charge in [-0.05, 0) is 19.2 Å². The predicted molar refractivity (Wildman–Crippen MR) is 56.4 cm³/mol. The van der Waals surface area contributed by atoms with Crippen LogP contribution < -0.4 is 10.6 Å². The number of rotatable bonds is 4. The molecule has 1 heterocycles. The van der Waals surface area contributed by atoms with Crippen molar-refractivity contribution < 1.29 is 4.52 Å². The molecule has 0 saturated carbocycles. The van der Waals surface area contributed by atoms with Crippen LogP contribution in [0.1, 0.15) is 0 Å². The van der Waals surface area contributed by atoms with E-state index in [4.69, 9.17) is 4.52 Å². The van der Waals surface area contributed by atoms with Crippen molar-refractivity contribution in [3.63, 3.8) is 0 Å². The lowest BCUT2D eigenvalue weighted by Gasteiger charge is -2.00. The number of likely N-dealkylation sites (N-methyl/N-ethyl adjacent to an activating group) is 1. The summed E-state index contributed by atoms with van der Waals surface area (Å²) in [5.41, 5.74) is 0.819. The van der Waals surface area contributed by atoms with Crippen LogP contribution in [0.15, 0.2) is 28.8 Å². The Hall–Kier alpha value is -1.55. The van der Waals surface area contributed by atoms with E-state index in [1.807, 2.05) is 31.3 Å². The van der Waals surface area contributed by atoms with Gasteiger partial charge < -0.3 is 15.2 Å². The number of para-hydroxylation sites is 1. The molecule has 0 aliphatic carbocycles. The molecule has 0 radical (unpaired) electrons. The number of hydrogen-bond acceptors (Lipinski definition) is 4. The van der Waals surface area contributed by atoms with Crippen LogP contribution in [0.25, 0.3) is 11.0 Å². The molecule has 2 aromatic rings. The maximum atomic E-state index is 5.15. The van der Waals surface area contributed by atoms with Crippen LogP contribution >= 0.6 is 0 Å². The zero-order chi connectivity index (χ0) is 9.80. The molecule has 0 fully saturated rings. The third-order valence-electron chi connectivity index (χ3n) is 2.04. The SMILES string of the molecule is CNCCNc1noc2ccccc12. The van der Waals surface area contributed by atoms with Gasteiger partial charge in [0.1, 0.15) is 0 Å². The van der Waals surface area contributed by atoms with Gasteiger partial charge in [-0.15, -0.1) is 0 Å². The smallest absolute Gasteiger partial charge is 0.177 e. The Balaban J connectivity index is 2.17. The van der Waals surface area contributed by atoms with Gasteiger partial charge in [0.25, 0.3) is 0 Å². The van der Waals surface area contributed by atoms with E-state index in [0.717, 1.165) is 29.9 Å². The summed E-state index contributed by atoms with van der Waals surface area (Å²) in [6.45, 7) is 1.74. The van der Waals surface area contributed by atoms with E-state index in [1.54, 1.807) is 0 Å². The first-order valence-corrected chi connectivity index (χ1v) is 4.64. The molecule has 14 heavy (non-hydrogen) atoms. The lowest BCUT2D eigenvalue weighted by atomic mass is 10.2. The Morgan fingerprint density at radius 2 is 2.14 bits per heavy atom. The highest BCUT2D eigenvalue weighted by Crippen LogP contribution is 2.21. The average molecular weight is 191 g/mol. The molecule has 0 spiro atoms. The highest BCUT2D eigenvalue weighted by molar-refractivity contribution is 5.87. The van der Waals surface area contributed by atoms with Crippen LogP contribution in [0.4, 0.5) is 5.82 Å². The molecule has 0 aliphatic heterocycles. The Morgan fingerprint density at radius 1 is 1.29 bits per heavy atom. The third-order valence-corrected chi connectivity index (χ3v) is 2.04. The van der Waals surface area contributed by atoms with Crippen LogP contribution in [-0.2, 0) is 0 Å². The fourth-order valence-corrected chi connectivity index (χ4v) is 1.32. The second-order valence-corrected chi connectivity index (χ2v) is 3.06. The van der Waals surface area contributed by atoms with Crippen LogP contribution in [0, 0.1) is 0 Å². The quantitative estimate of drug-likeness (QED) is 0.718. The second-order valence-electron chi connectivity index (χ2n) is 3.06. The topological polar surface area (TPSA) is 50.1 Å². The number of anilines is 1. The summed E-state index contributed by atoms with van der Waals surface area (Å²) in [7, 11) is 1.92. The molecule has 1 aromatic heterocycles. The fourth-order valence-electron chi connectivity index (χ4n) is 1.32. The van der Waals surface area contributed by atoms with Gasteiger partial charge in [0.05, 0.1) is 5.39 Å². The molecule has 0 amide bonds. The molecule has 0 atom stereocenters. The number of fused-ring (bicyclic) bond motifs is 1. The van der Waals surface area contributed by atoms with Crippen molar-refractivity contribution in [3.05, 3.63) is 24.3 Å². The van der Waals surface area contributed by atoms with Gasteiger partial charge in [-0.1, -0.05) is 17.3 Å². The molecule has 0 bridgehead atoms. The van der Waals surface area contributed by atoms with E-state index >= 15 is 0 Å². The first-order chi connectivity index (χ1) is 6.92. The molecule has 74 valence electrons. The van der Waals surface area contributed by atoms with Crippen molar-refractivity contribution >= 4 is 16.8 Å². The number of nitrogens with zero attached hydrogens (tertiary/aromatic N) is 1. The van der Waals surface area contributed by atoms with Crippen molar-refractivity contribution in [3.8, 4) is 0 Å². The highest BCUT2D eigenvalue weighted by Gasteiger charge is 2.04. The summed E-state index contributed by atoms with van der Waals surface area (Å²) in [5.74, 6) is 0.816. The first-order valence-electron chi connectivity index (χ1n) is 4.64. The molecule has 0 aliphatic rings. The lowest BCUT2D eigenvalue weighted by molar-refractivity contribution is 0.459. The van der Waals surface area contributed by atoms with Gasteiger partial charge in [-0.3, -0.25) is 0 Å². The summed E-state index contributed by atoms with van der Waals surface area (Å²) in [4.78, 5) is 0. The minimum absolute atomic E-state index is 0.816. The summed E-state index contributed by atoms with van der Waals surface area (Å²) in [5, 5.41) is 11.2. The van der Waals surface area contributed by atoms with E-state index in [0.29, 0.717) is 0 Å². The number of nitrogens with one attached hydrogen (secondary N) is 2. The summed E-state index contributed by atoms with van der Waals surface area (Å²) >= 11 is 0. The summed E-state index contributed by atoms with van der Waals surface area (Å²) < 4.78 is 5.15. The van der Waals surface area contributed by atoms with Gasteiger partial charge in [-0.25, -0.2) is 0 Å². The molecule has 4 heteroatoms. The zero-order valence-electron chi connectivity index (χ0n) is 8.08. The maximum Gasteiger partial charge on any atom is 0.177 e. The van der Waals surface area contributed by atoms with Crippen LogP contribution in [-0.4, -0.2) is 25.3 Å². The largest absolute Gasteiger partial charge is 0.365 e. The minimum atomic E-state index is 0.816. The highest BCUT2D eigenvalue weighted by atomic mass is 16.5. The Labute approximate surface area is 82.3 Å². The molecule has 0 unspecified atom stereocenters. The normalized spacial score (nSPS) is 10.6. The number of aromatic nitrogens is 1. The molecule has 2 rings (SSSR count). The van der Waals surface area contributed by atoms with Crippen molar-refractivity contribution in [2.24, 2.45) is 0 Å². The van der Waals surface area contributed by atoms with Crippen molar-refractivity contribution in [2.75, 3.05) is 25.5 Å².